The quantitative estimate of drug-likeness (QED) is 0.883. The molecule has 0 aliphatic carbocycles. The molecule has 0 saturated carbocycles. The van der Waals surface area contributed by atoms with Gasteiger partial charge in [-0.25, -0.2) is 4.98 Å². The Morgan fingerprint density at radius 2 is 2.11 bits per heavy atom. The van der Waals surface area contributed by atoms with Crippen LogP contribution in [0.3, 0.4) is 0 Å². The smallest absolute Gasteiger partial charge is 0.257 e. The van der Waals surface area contributed by atoms with E-state index < -0.39 is 0 Å². The van der Waals surface area contributed by atoms with Crippen LogP contribution in [0.1, 0.15) is 10.4 Å². The van der Waals surface area contributed by atoms with Gasteiger partial charge < -0.3 is 15.1 Å². The topological polar surface area (TPSA) is 48.5 Å². The molecular weight excluding hydrogens is 296 g/mol. The third-order valence-corrected chi connectivity index (χ3v) is 3.33. The Balaban J connectivity index is 2.30. The van der Waals surface area contributed by atoms with Gasteiger partial charge in [-0.05, 0) is 22.0 Å². The molecule has 1 aromatic rings. The van der Waals surface area contributed by atoms with Gasteiger partial charge in [0.1, 0.15) is 5.82 Å². The monoisotopic (exact) mass is 312 g/mol. The fourth-order valence-electron chi connectivity index (χ4n) is 1.98. The van der Waals surface area contributed by atoms with Crippen LogP contribution >= 0.6 is 15.9 Å². The molecule has 5 nitrogen and oxygen atoms in total. The largest absolute Gasteiger partial charge is 0.362 e. The summed E-state index contributed by atoms with van der Waals surface area (Å²) in [7, 11) is 3.79. The minimum Gasteiger partial charge on any atom is -0.362 e. The van der Waals surface area contributed by atoms with Crippen molar-refractivity contribution in [2.45, 2.75) is 0 Å². The lowest BCUT2D eigenvalue weighted by molar-refractivity contribution is 0.0736. The first-order valence-electron chi connectivity index (χ1n) is 5.92. The van der Waals surface area contributed by atoms with Crippen LogP contribution in [0.5, 0.6) is 0 Å². The van der Waals surface area contributed by atoms with Gasteiger partial charge in [0.2, 0.25) is 0 Å². The van der Waals surface area contributed by atoms with Crippen LogP contribution in [0.2, 0.25) is 0 Å². The molecule has 18 heavy (non-hydrogen) atoms. The molecule has 1 N–H and O–H groups in total. The summed E-state index contributed by atoms with van der Waals surface area (Å²) in [6, 6.07) is 1.84. The van der Waals surface area contributed by atoms with Gasteiger partial charge in [0.25, 0.3) is 5.91 Å². The number of anilines is 1. The van der Waals surface area contributed by atoms with Gasteiger partial charge in [0, 0.05) is 50.9 Å². The number of halogens is 1. The van der Waals surface area contributed by atoms with E-state index in [2.05, 4.69) is 26.2 Å². The minimum atomic E-state index is 0.0500. The lowest BCUT2D eigenvalue weighted by Gasteiger charge is -2.28. The fourth-order valence-corrected chi connectivity index (χ4v) is 2.32. The molecule has 1 saturated heterocycles. The number of piperazine rings is 1. The molecule has 2 heterocycles. The molecule has 0 atom stereocenters. The second-order valence-electron chi connectivity index (χ2n) is 4.46. The Hall–Kier alpha value is -1.14. The summed E-state index contributed by atoms with van der Waals surface area (Å²) in [5.41, 5.74) is 0.649. The molecule has 2 rings (SSSR count). The molecule has 0 aromatic carbocycles. The maximum absolute atomic E-state index is 12.5. The molecule has 1 aliphatic heterocycles. The number of hydrogen-bond acceptors (Lipinski definition) is 4. The summed E-state index contributed by atoms with van der Waals surface area (Å²) in [5, 5.41) is 3.24. The molecular formula is C12H17BrN4O. The van der Waals surface area contributed by atoms with Crippen molar-refractivity contribution in [2.75, 3.05) is 45.2 Å². The summed E-state index contributed by atoms with van der Waals surface area (Å²) in [6.45, 7) is 3.20. The number of hydrogen-bond donors (Lipinski definition) is 1. The lowest BCUT2D eigenvalue weighted by atomic mass is 10.2. The molecule has 0 unspecified atom stereocenters. The van der Waals surface area contributed by atoms with Gasteiger partial charge in [0.05, 0.1) is 5.56 Å². The second kappa shape index (κ2) is 5.67. The first-order valence-corrected chi connectivity index (χ1v) is 6.72. The first-order chi connectivity index (χ1) is 8.59. The number of aromatic nitrogens is 1. The Kier molecular flexibility index (Phi) is 4.19. The minimum absolute atomic E-state index is 0.0500. The van der Waals surface area contributed by atoms with Gasteiger partial charge in [-0.15, -0.1) is 0 Å². The van der Waals surface area contributed by atoms with Crippen molar-refractivity contribution < 1.29 is 4.79 Å². The van der Waals surface area contributed by atoms with Crippen molar-refractivity contribution in [2.24, 2.45) is 0 Å². The van der Waals surface area contributed by atoms with Gasteiger partial charge in [-0.1, -0.05) is 0 Å². The third-order valence-electron chi connectivity index (χ3n) is 2.89. The molecule has 1 aromatic heterocycles. The Morgan fingerprint density at radius 3 is 2.72 bits per heavy atom. The standard InChI is InChI=1S/C12H17BrN4O/c1-16(2)11-10(7-9(13)8-15-11)12(18)17-5-3-14-4-6-17/h7-8,14H,3-6H2,1-2H3. The Morgan fingerprint density at radius 1 is 1.44 bits per heavy atom. The Labute approximate surface area is 115 Å². The van der Waals surface area contributed by atoms with Crippen molar-refractivity contribution >= 4 is 27.7 Å². The van der Waals surface area contributed by atoms with E-state index in [9.17, 15) is 4.79 Å². The van der Waals surface area contributed by atoms with Crippen LogP contribution in [0.25, 0.3) is 0 Å². The molecule has 6 heteroatoms. The third kappa shape index (κ3) is 2.81. The molecule has 0 bridgehead atoms. The molecule has 98 valence electrons. The summed E-state index contributed by atoms with van der Waals surface area (Å²) in [5.74, 6) is 0.760. The van der Waals surface area contributed by atoms with Gasteiger partial charge in [0.15, 0.2) is 0 Å². The second-order valence-corrected chi connectivity index (χ2v) is 5.38. The zero-order valence-corrected chi connectivity index (χ0v) is 12.2. The summed E-state index contributed by atoms with van der Waals surface area (Å²) >= 11 is 3.37. The van der Waals surface area contributed by atoms with Crippen LogP contribution in [0.4, 0.5) is 5.82 Å². The summed E-state index contributed by atoms with van der Waals surface area (Å²) in [4.78, 5) is 20.5. The van der Waals surface area contributed by atoms with Gasteiger partial charge in [-0.2, -0.15) is 0 Å². The van der Waals surface area contributed by atoms with E-state index in [1.54, 1.807) is 6.20 Å². The normalized spacial score (nSPS) is 15.6. The van der Waals surface area contributed by atoms with Crippen LogP contribution in [-0.2, 0) is 0 Å². The van der Waals surface area contributed by atoms with E-state index in [1.165, 1.54) is 0 Å². The molecule has 1 fully saturated rings. The number of amides is 1. The van der Waals surface area contributed by atoms with E-state index in [1.807, 2.05) is 30.0 Å². The maximum atomic E-state index is 12.5. The molecule has 0 spiro atoms. The lowest BCUT2D eigenvalue weighted by Crippen LogP contribution is -2.46. The summed E-state index contributed by atoms with van der Waals surface area (Å²) < 4.78 is 0.826. The van der Waals surface area contributed by atoms with E-state index >= 15 is 0 Å². The van der Waals surface area contributed by atoms with Gasteiger partial charge >= 0.3 is 0 Å². The highest BCUT2D eigenvalue weighted by Gasteiger charge is 2.22. The zero-order valence-electron chi connectivity index (χ0n) is 10.6. The fraction of sp³-hybridized carbons (Fsp3) is 0.500. The van der Waals surface area contributed by atoms with E-state index in [0.717, 1.165) is 30.7 Å². The van der Waals surface area contributed by atoms with Crippen molar-refractivity contribution in [1.82, 2.24) is 15.2 Å². The predicted octanol–water partition coefficient (Wildman–Crippen LogP) is 0.955. The molecule has 1 aliphatic rings. The zero-order chi connectivity index (χ0) is 13.1. The number of nitrogens with one attached hydrogen (secondary N) is 1. The van der Waals surface area contributed by atoms with Crippen LogP contribution in [0, 0.1) is 0 Å². The van der Waals surface area contributed by atoms with Crippen LogP contribution < -0.4 is 10.2 Å². The highest BCUT2D eigenvalue weighted by Crippen LogP contribution is 2.21. The SMILES string of the molecule is CN(C)c1ncc(Br)cc1C(=O)N1CCNCC1. The van der Waals surface area contributed by atoms with E-state index in [0.29, 0.717) is 11.4 Å². The first kappa shape index (κ1) is 13.3. The number of carbonyl (C=O) groups excluding carboxylic acids is 1. The number of rotatable bonds is 2. The van der Waals surface area contributed by atoms with Crippen molar-refractivity contribution in [3.63, 3.8) is 0 Å². The summed E-state index contributed by atoms with van der Waals surface area (Å²) in [6.07, 6.45) is 1.71. The molecule has 0 radical (unpaired) electrons. The van der Waals surface area contributed by atoms with E-state index in [-0.39, 0.29) is 5.91 Å². The van der Waals surface area contributed by atoms with Crippen LogP contribution in [0.15, 0.2) is 16.7 Å². The average Bonchev–Trinajstić information content (AvgIpc) is 2.38. The molecule has 1 amide bonds. The van der Waals surface area contributed by atoms with Crippen LogP contribution in [-0.4, -0.2) is 56.1 Å². The number of carbonyl (C=O) groups is 1. The highest BCUT2D eigenvalue weighted by molar-refractivity contribution is 9.10. The van der Waals surface area contributed by atoms with Crippen molar-refractivity contribution in [3.05, 3.63) is 22.3 Å². The number of pyridine rings is 1. The number of nitrogens with zero attached hydrogens (tertiary/aromatic N) is 3. The maximum Gasteiger partial charge on any atom is 0.257 e. The average molecular weight is 313 g/mol. The predicted molar refractivity (Wildman–Crippen MR) is 75.0 cm³/mol. The van der Waals surface area contributed by atoms with Crippen molar-refractivity contribution in [1.29, 1.82) is 0 Å². The Bertz CT molecular complexity index is 444. The van der Waals surface area contributed by atoms with E-state index in [4.69, 9.17) is 0 Å². The van der Waals surface area contributed by atoms with Gasteiger partial charge in [-0.3, -0.25) is 4.79 Å². The van der Waals surface area contributed by atoms with Crippen molar-refractivity contribution in [3.8, 4) is 0 Å². The highest BCUT2D eigenvalue weighted by atomic mass is 79.9.